The fraction of sp³-hybridized carbons (Fsp3) is 0.333. The number of rotatable bonds is 11. The number of aryl methyl sites for hydroxylation is 1. The molecule has 0 saturated heterocycles. The average Bonchev–Trinajstić information content (AvgIpc) is 2.94. The molecule has 1 N–H and O–H groups in total. The summed E-state index contributed by atoms with van der Waals surface area (Å²) in [6.45, 7) is 4.53. The van der Waals surface area contributed by atoms with Gasteiger partial charge >= 0.3 is 0 Å². The normalized spacial score (nSPS) is 13.3. The van der Waals surface area contributed by atoms with Crippen molar-refractivity contribution in [2.45, 2.75) is 32.9 Å². The van der Waals surface area contributed by atoms with E-state index in [-0.39, 0.29) is 24.6 Å². The van der Waals surface area contributed by atoms with Crippen molar-refractivity contribution in [3.05, 3.63) is 89.5 Å². The number of ether oxygens (including phenoxy) is 2. The van der Waals surface area contributed by atoms with Gasteiger partial charge < -0.3 is 19.7 Å². The Bertz CT molecular complexity index is 1440. The molecule has 0 unspecified atom stereocenters. The van der Waals surface area contributed by atoms with Crippen molar-refractivity contribution in [2.24, 2.45) is 0 Å². The third kappa shape index (κ3) is 7.12. The third-order valence-corrected chi connectivity index (χ3v) is 7.86. The summed E-state index contributed by atoms with van der Waals surface area (Å²) in [5.74, 6) is 0.107. The van der Waals surface area contributed by atoms with Gasteiger partial charge in [0.15, 0.2) is 11.5 Å². The lowest BCUT2D eigenvalue weighted by Gasteiger charge is -2.34. The highest BCUT2D eigenvalue weighted by Crippen LogP contribution is 2.34. The van der Waals surface area contributed by atoms with Crippen molar-refractivity contribution >= 4 is 27.5 Å². The zero-order valence-corrected chi connectivity index (χ0v) is 23.8. The molecule has 0 saturated carbocycles. The first kappa shape index (κ1) is 28.9. The highest BCUT2D eigenvalue weighted by molar-refractivity contribution is 7.92. The largest absolute Gasteiger partial charge is 0.486 e. The van der Waals surface area contributed by atoms with E-state index in [1.807, 2.05) is 68.4 Å². The van der Waals surface area contributed by atoms with Crippen molar-refractivity contribution in [1.82, 2.24) is 10.2 Å². The summed E-state index contributed by atoms with van der Waals surface area (Å²) in [4.78, 5) is 29.0. The standard InChI is InChI=1S/C30H35N3O6S/c1-4-31-30(35)26(18-23-11-6-5-7-12-23)32(20-24-13-9-8-10-22(24)2)29(34)21-33(40(3,36)37)25-14-15-27-28(19-25)39-17-16-38-27/h5-15,19,26H,4,16-18,20-21H2,1-3H3,(H,31,35)/t26-/m0/s1. The first-order valence-corrected chi connectivity index (χ1v) is 15.0. The quantitative estimate of drug-likeness (QED) is 0.383. The molecule has 0 aliphatic carbocycles. The van der Waals surface area contributed by atoms with Crippen LogP contribution in [0.15, 0.2) is 72.8 Å². The van der Waals surface area contributed by atoms with E-state index < -0.39 is 28.5 Å². The predicted molar refractivity (Wildman–Crippen MR) is 154 cm³/mol. The summed E-state index contributed by atoms with van der Waals surface area (Å²) in [6.07, 6.45) is 1.32. The average molecular weight is 566 g/mol. The number of hydrogen-bond acceptors (Lipinski definition) is 6. The summed E-state index contributed by atoms with van der Waals surface area (Å²) in [5.41, 5.74) is 2.98. The van der Waals surface area contributed by atoms with E-state index in [0.717, 1.165) is 27.3 Å². The topological polar surface area (TPSA) is 105 Å². The lowest BCUT2D eigenvalue weighted by molar-refractivity contribution is -0.140. The monoisotopic (exact) mass is 565 g/mol. The Morgan fingerprint density at radius 2 is 1.62 bits per heavy atom. The molecule has 2 amide bonds. The molecular formula is C30H35N3O6S. The number of nitrogens with one attached hydrogen (secondary N) is 1. The Labute approximate surface area is 235 Å². The SMILES string of the molecule is CCNC(=O)[C@H](Cc1ccccc1)N(Cc1ccccc1C)C(=O)CN(c1ccc2c(c1)OCCO2)S(C)(=O)=O. The molecule has 3 aromatic rings. The van der Waals surface area contributed by atoms with Crippen molar-refractivity contribution < 1.29 is 27.5 Å². The fourth-order valence-corrected chi connectivity index (χ4v) is 5.46. The molecule has 0 aromatic heterocycles. The summed E-state index contributed by atoms with van der Waals surface area (Å²) in [7, 11) is -3.88. The number of likely N-dealkylation sites (N-methyl/N-ethyl adjacent to an activating group) is 1. The van der Waals surface area contributed by atoms with E-state index in [0.29, 0.717) is 31.3 Å². The Balaban J connectivity index is 1.72. The number of carbonyl (C=O) groups is 2. The molecule has 3 aromatic carbocycles. The molecule has 212 valence electrons. The van der Waals surface area contributed by atoms with Gasteiger partial charge in [0.05, 0.1) is 11.9 Å². The van der Waals surface area contributed by atoms with Gasteiger partial charge in [-0.1, -0.05) is 54.6 Å². The number of sulfonamides is 1. The summed E-state index contributed by atoms with van der Waals surface area (Å²) in [6, 6.07) is 21.0. The van der Waals surface area contributed by atoms with E-state index in [1.165, 1.54) is 4.90 Å². The molecule has 0 fully saturated rings. The number of nitrogens with zero attached hydrogens (tertiary/aromatic N) is 2. The Morgan fingerprint density at radius 3 is 2.30 bits per heavy atom. The van der Waals surface area contributed by atoms with Gasteiger partial charge in [0.2, 0.25) is 21.8 Å². The highest BCUT2D eigenvalue weighted by atomic mass is 32.2. The first-order chi connectivity index (χ1) is 19.2. The van der Waals surface area contributed by atoms with E-state index in [2.05, 4.69) is 5.32 Å². The molecule has 1 atom stereocenters. The van der Waals surface area contributed by atoms with E-state index >= 15 is 0 Å². The molecule has 1 aliphatic rings. The van der Waals surface area contributed by atoms with Gasteiger partial charge in [0.25, 0.3) is 0 Å². The minimum absolute atomic E-state index is 0.138. The van der Waals surface area contributed by atoms with Crippen LogP contribution in [-0.4, -0.2) is 63.7 Å². The lowest BCUT2D eigenvalue weighted by atomic mass is 10.0. The molecule has 1 aliphatic heterocycles. The molecule has 0 spiro atoms. The molecule has 40 heavy (non-hydrogen) atoms. The lowest BCUT2D eigenvalue weighted by Crippen LogP contribution is -2.53. The molecule has 0 radical (unpaired) electrons. The Morgan fingerprint density at radius 1 is 0.950 bits per heavy atom. The van der Waals surface area contributed by atoms with Crippen LogP contribution in [0.5, 0.6) is 11.5 Å². The van der Waals surface area contributed by atoms with Gasteiger partial charge in [-0.15, -0.1) is 0 Å². The number of hydrogen-bond donors (Lipinski definition) is 1. The maximum atomic E-state index is 14.1. The van der Waals surface area contributed by atoms with Crippen LogP contribution in [0.2, 0.25) is 0 Å². The Kier molecular flexibility index (Phi) is 9.31. The van der Waals surface area contributed by atoms with Crippen molar-refractivity contribution in [3.8, 4) is 11.5 Å². The minimum Gasteiger partial charge on any atom is -0.486 e. The number of fused-ring (bicyclic) bond motifs is 1. The minimum atomic E-state index is -3.88. The van der Waals surface area contributed by atoms with Crippen LogP contribution in [0.25, 0.3) is 0 Å². The second kappa shape index (κ2) is 12.9. The summed E-state index contributed by atoms with van der Waals surface area (Å²) in [5, 5.41) is 2.86. The molecular weight excluding hydrogens is 530 g/mol. The fourth-order valence-electron chi connectivity index (χ4n) is 4.62. The van der Waals surface area contributed by atoms with Gasteiger partial charge in [-0.25, -0.2) is 8.42 Å². The van der Waals surface area contributed by atoms with Crippen LogP contribution < -0.4 is 19.1 Å². The zero-order valence-electron chi connectivity index (χ0n) is 23.0. The number of carbonyl (C=O) groups excluding carboxylic acids is 2. The van der Waals surface area contributed by atoms with Crippen molar-refractivity contribution in [1.29, 1.82) is 0 Å². The van der Waals surface area contributed by atoms with E-state index in [1.54, 1.807) is 18.2 Å². The van der Waals surface area contributed by atoms with Gasteiger partial charge in [-0.2, -0.15) is 0 Å². The van der Waals surface area contributed by atoms with Gasteiger partial charge in [-0.05, 0) is 42.7 Å². The second-order valence-corrected chi connectivity index (χ2v) is 11.6. The smallest absolute Gasteiger partial charge is 0.244 e. The molecule has 0 bridgehead atoms. The molecule has 9 nitrogen and oxygen atoms in total. The summed E-state index contributed by atoms with van der Waals surface area (Å²) >= 11 is 0. The maximum Gasteiger partial charge on any atom is 0.244 e. The van der Waals surface area contributed by atoms with E-state index in [4.69, 9.17) is 9.47 Å². The molecule has 1 heterocycles. The molecule has 10 heteroatoms. The zero-order chi connectivity index (χ0) is 28.7. The third-order valence-electron chi connectivity index (χ3n) is 6.72. The van der Waals surface area contributed by atoms with Crippen molar-refractivity contribution in [2.75, 3.05) is 36.9 Å². The molecule has 4 rings (SSSR count). The predicted octanol–water partition coefficient (Wildman–Crippen LogP) is 3.31. The Hall–Kier alpha value is -4.05. The number of amides is 2. The van der Waals surface area contributed by atoms with Gasteiger partial charge in [0.1, 0.15) is 25.8 Å². The summed E-state index contributed by atoms with van der Waals surface area (Å²) < 4.78 is 38.2. The van der Waals surface area contributed by atoms with Gasteiger partial charge in [0, 0.05) is 25.6 Å². The van der Waals surface area contributed by atoms with Crippen molar-refractivity contribution in [3.63, 3.8) is 0 Å². The van der Waals surface area contributed by atoms with Crippen LogP contribution in [0, 0.1) is 6.92 Å². The number of anilines is 1. The van der Waals surface area contributed by atoms with Crippen LogP contribution in [-0.2, 0) is 32.6 Å². The van der Waals surface area contributed by atoms with Crippen LogP contribution in [0.1, 0.15) is 23.6 Å². The number of benzene rings is 3. The van der Waals surface area contributed by atoms with Crippen LogP contribution in [0.3, 0.4) is 0 Å². The van der Waals surface area contributed by atoms with E-state index in [9.17, 15) is 18.0 Å². The highest BCUT2D eigenvalue weighted by Gasteiger charge is 2.33. The van der Waals surface area contributed by atoms with Crippen LogP contribution in [0.4, 0.5) is 5.69 Å². The van der Waals surface area contributed by atoms with Crippen LogP contribution >= 0.6 is 0 Å². The van der Waals surface area contributed by atoms with Gasteiger partial charge in [-0.3, -0.25) is 13.9 Å². The first-order valence-electron chi connectivity index (χ1n) is 13.2. The second-order valence-electron chi connectivity index (χ2n) is 9.65. The maximum absolute atomic E-state index is 14.1.